The maximum absolute atomic E-state index is 10.5. The third-order valence-corrected chi connectivity index (χ3v) is 5.50. The van der Waals surface area contributed by atoms with Crippen molar-refractivity contribution in [3.63, 3.8) is 0 Å². The van der Waals surface area contributed by atoms with Crippen LogP contribution in [0.4, 0.5) is 0 Å². The normalized spacial score (nSPS) is 13.8. The lowest BCUT2D eigenvalue weighted by Crippen LogP contribution is -2.22. The van der Waals surface area contributed by atoms with E-state index in [9.17, 15) is 8.76 Å². The Morgan fingerprint density at radius 1 is 1.12 bits per heavy atom. The van der Waals surface area contributed by atoms with Crippen molar-refractivity contribution in [2.75, 3.05) is 13.2 Å². The van der Waals surface area contributed by atoms with Crippen LogP contribution in [0.3, 0.4) is 0 Å². The van der Waals surface area contributed by atoms with Gasteiger partial charge in [0, 0.05) is 23.4 Å². The van der Waals surface area contributed by atoms with Crippen LogP contribution in [0.1, 0.15) is 71.9 Å². The van der Waals surface area contributed by atoms with E-state index in [1.807, 2.05) is 0 Å². The molecule has 1 aromatic carbocycles. The summed E-state index contributed by atoms with van der Waals surface area (Å²) in [6.07, 6.45) is 2.75. The summed E-state index contributed by atoms with van der Waals surface area (Å²) in [4.78, 5) is 0. The SMILES string of the molecule is CCC(C)(C)c1ccc(OCCCNS(=O)[O-])c(C(C)(C)CC)c1. The molecular formula is C19H32NO3S-. The van der Waals surface area contributed by atoms with Gasteiger partial charge in [-0.15, -0.1) is 0 Å². The van der Waals surface area contributed by atoms with Crippen LogP contribution in [0.2, 0.25) is 0 Å². The van der Waals surface area contributed by atoms with E-state index in [0.717, 1.165) is 18.6 Å². The van der Waals surface area contributed by atoms with Gasteiger partial charge in [-0.1, -0.05) is 53.7 Å². The monoisotopic (exact) mass is 354 g/mol. The molecular weight excluding hydrogens is 322 g/mol. The van der Waals surface area contributed by atoms with Gasteiger partial charge in [-0.2, -0.15) is 0 Å². The topological polar surface area (TPSA) is 61.4 Å². The van der Waals surface area contributed by atoms with Crippen LogP contribution in [-0.4, -0.2) is 21.9 Å². The van der Waals surface area contributed by atoms with Crippen molar-refractivity contribution in [2.45, 2.75) is 71.6 Å². The van der Waals surface area contributed by atoms with E-state index in [4.69, 9.17) is 4.74 Å². The average Bonchev–Trinajstić information content (AvgIpc) is 2.54. The number of hydrogen-bond donors (Lipinski definition) is 1. The third kappa shape index (κ3) is 5.87. The number of benzene rings is 1. The number of hydrogen-bond acceptors (Lipinski definition) is 3. The zero-order valence-electron chi connectivity index (χ0n) is 15.9. The zero-order chi connectivity index (χ0) is 18.4. The first kappa shape index (κ1) is 21.1. The van der Waals surface area contributed by atoms with Crippen molar-refractivity contribution in [1.29, 1.82) is 0 Å². The first-order valence-corrected chi connectivity index (χ1v) is 9.82. The molecule has 0 radical (unpaired) electrons. The lowest BCUT2D eigenvalue weighted by Gasteiger charge is -2.30. The molecule has 24 heavy (non-hydrogen) atoms. The molecule has 1 aromatic rings. The largest absolute Gasteiger partial charge is 0.760 e. The van der Waals surface area contributed by atoms with Gasteiger partial charge in [0.1, 0.15) is 5.75 Å². The lowest BCUT2D eigenvalue weighted by atomic mass is 9.76. The van der Waals surface area contributed by atoms with Crippen LogP contribution in [0.15, 0.2) is 18.2 Å². The number of ether oxygens (including phenoxy) is 1. The van der Waals surface area contributed by atoms with E-state index in [2.05, 4.69) is 64.5 Å². The highest BCUT2D eigenvalue weighted by molar-refractivity contribution is 7.77. The van der Waals surface area contributed by atoms with Gasteiger partial charge < -0.3 is 9.29 Å². The van der Waals surface area contributed by atoms with E-state index in [1.54, 1.807) is 0 Å². The van der Waals surface area contributed by atoms with Gasteiger partial charge in [0.15, 0.2) is 0 Å². The van der Waals surface area contributed by atoms with Crippen LogP contribution in [0.25, 0.3) is 0 Å². The zero-order valence-corrected chi connectivity index (χ0v) is 16.7. The Labute approximate surface area is 149 Å². The molecule has 4 nitrogen and oxygen atoms in total. The second-order valence-electron chi connectivity index (χ2n) is 7.52. The molecule has 0 aliphatic carbocycles. The second kappa shape index (κ2) is 8.97. The molecule has 0 amide bonds. The molecule has 0 aliphatic rings. The maximum atomic E-state index is 10.5. The van der Waals surface area contributed by atoms with E-state index in [0.29, 0.717) is 19.6 Å². The predicted molar refractivity (Wildman–Crippen MR) is 100 cm³/mol. The molecule has 0 heterocycles. The molecule has 1 atom stereocenters. The Hall–Kier alpha value is -0.910. The summed E-state index contributed by atoms with van der Waals surface area (Å²) in [5.74, 6) is 0.903. The molecule has 0 spiro atoms. The van der Waals surface area contributed by atoms with Crippen molar-refractivity contribution in [1.82, 2.24) is 4.72 Å². The summed E-state index contributed by atoms with van der Waals surface area (Å²) in [5, 5.41) is 0. The fraction of sp³-hybridized carbons (Fsp3) is 0.684. The molecule has 0 saturated heterocycles. The van der Waals surface area contributed by atoms with Crippen molar-refractivity contribution >= 4 is 11.3 Å². The maximum Gasteiger partial charge on any atom is 0.123 e. The molecule has 0 bridgehead atoms. The molecule has 5 heteroatoms. The standard InChI is InChI=1S/C19H33NO3S/c1-7-18(3,4)15-10-11-17(16(14-15)19(5,6)8-2)23-13-9-12-20-24(21)22/h10-11,14,20H,7-9,12-13H2,1-6H3,(H,21,22)/p-1. The van der Waals surface area contributed by atoms with E-state index < -0.39 is 11.3 Å². The third-order valence-electron chi connectivity index (χ3n) is 5.06. The van der Waals surface area contributed by atoms with Gasteiger partial charge in [0.2, 0.25) is 0 Å². The summed E-state index contributed by atoms with van der Waals surface area (Å²) < 4.78 is 29.3. The van der Waals surface area contributed by atoms with Crippen molar-refractivity contribution < 1.29 is 13.5 Å². The van der Waals surface area contributed by atoms with Gasteiger partial charge in [-0.05, 0) is 41.7 Å². The number of rotatable bonds is 10. The summed E-state index contributed by atoms with van der Waals surface area (Å²) in [6, 6.07) is 6.50. The Morgan fingerprint density at radius 3 is 2.29 bits per heavy atom. The van der Waals surface area contributed by atoms with E-state index in [1.165, 1.54) is 11.1 Å². The van der Waals surface area contributed by atoms with Crippen molar-refractivity contribution in [2.24, 2.45) is 0 Å². The summed E-state index contributed by atoms with van der Waals surface area (Å²) >= 11 is -2.20. The van der Waals surface area contributed by atoms with E-state index in [-0.39, 0.29) is 10.8 Å². The molecule has 1 N–H and O–H groups in total. The van der Waals surface area contributed by atoms with Crippen molar-refractivity contribution in [3.05, 3.63) is 29.3 Å². The van der Waals surface area contributed by atoms with Gasteiger partial charge in [-0.3, -0.25) is 4.21 Å². The van der Waals surface area contributed by atoms with Crippen LogP contribution in [0.5, 0.6) is 5.75 Å². The minimum absolute atomic E-state index is 0.0317. The molecule has 1 unspecified atom stereocenters. The molecule has 0 saturated carbocycles. The molecule has 138 valence electrons. The first-order chi connectivity index (χ1) is 11.1. The van der Waals surface area contributed by atoms with Crippen LogP contribution in [0, 0.1) is 0 Å². The lowest BCUT2D eigenvalue weighted by molar-refractivity contribution is 0.300. The molecule has 0 fully saturated rings. The first-order valence-electron chi connectivity index (χ1n) is 8.74. The Balaban J connectivity index is 2.96. The minimum Gasteiger partial charge on any atom is -0.760 e. The number of nitrogens with one attached hydrogen (secondary N) is 1. The summed E-state index contributed by atoms with van der Waals surface area (Å²) in [7, 11) is 0. The Kier molecular flexibility index (Phi) is 7.90. The predicted octanol–water partition coefficient (Wildman–Crippen LogP) is 4.21. The van der Waals surface area contributed by atoms with Gasteiger partial charge in [-0.25, -0.2) is 4.72 Å². The summed E-state index contributed by atoms with van der Waals surface area (Å²) in [5.41, 5.74) is 2.73. The highest BCUT2D eigenvalue weighted by Crippen LogP contribution is 2.38. The minimum atomic E-state index is -2.20. The van der Waals surface area contributed by atoms with Crippen LogP contribution < -0.4 is 9.46 Å². The second-order valence-corrected chi connectivity index (χ2v) is 8.27. The van der Waals surface area contributed by atoms with Crippen molar-refractivity contribution in [3.8, 4) is 5.75 Å². The summed E-state index contributed by atoms with van der Waals surface area (Å²) in [6.45, 7) is 14.3. The van der Waals surface area contributed by atoms with Gasteiger partial charge in [0.25, 0.3) is 0 Å². The van der Waals surface area contributed by atoms with Gasteiger partial charge >= 0.3 is 0 Å². The van der Waals surface area contributed by atoms with Gasteiger partial charge in [0.05, 0.1) is 6.61 Å². The Morgan fingerprint density at radius 2 is 1.75 bits per heavy atom. The van der Waals surface area contributed by atoms with Crippen LogP contribution in [-0.2, 0) is 22.1 Å². The fourth-order valence-corrected chi connectivity index (χ4v) is 2.72. The molecule has 1 rings (SSSR count). The fourth-order valence-electron chi connectivity index (χ4n) is 2.41. The molecule has 0 aliphatic heterocycles. The van der Waals surface area contributed by atoms with E-state index >= 15 is 0 Å². The average molecular weight is 355 g/mol. The quantitative estimate of drug-likeness (QED) is 0.505. The highest BCUT2D eigenvalue weighted by Gasteiger charge is 2.26. The Bertz CT molecular complexity index is 556. The molecule has 0 aromatic heterocycles. The van der Waals surface area contributed by atoms with Crippen LogP contribution >= 0.6 is 0 Å². The smallest absolute Gasteiger partial charge is 0.123 e. The highest BCUT2D eigenvalue weighted by atomic mass is 32.2.